The van der Waals surface area contributed by atoms with E-state index in [-0.39, 0.29) is 18.0 Å². The van der Waals surface area contributed by atoms with Crippen molar-refractivity contribution in [2.75, 3.05) is 19.5 Å². The van der Waals surface area contributed by atoms with Crippen molar-refractivity contribution in [2.45, 2.75) is 6.54 Å². The Morgan fingerprint density at radius 3 is 2.61 bits per heavy atom. The van der Waals surface area contributed by atoms with Crippen molar-refractivity contribution in [3.8, 4) is 22.8 Å². The van der Waals surface area contributed by atoms with E-state index in [0.29, 0.717) is 22.9 Å². The highest BCUT2D eigenvalue weighted by Crippen LogP contribution is 2.31. The van der Waals surface area contributed by atoms with E-state index in [4.69, 9.17) is 9.47 Å². The molecule has 0 unspecified atom stereocenters. The fourth-order valence-electron chi connectivity index (χ4n) is 3.19. The topological polar surface area (TPSA) is 95.3 Å². The molecule has 0 fully saturated rings. The number of para-hydroxylation sites is 1. The summed E-state index contributed by atoms with van der Waals surface area (Å²) in [5.41, 5.74) is 2.26. The summed E-state index contributed by atoms with van der Waals surface area (Å²) in [5.74, 6) is 0.750. The Morgan fingerprint density at radius 1 is 1.00 bits per heavy atom. The van der Waals surface area contributed by atoms with E-state index < -0.39 is 0 Å². The molecule has 0 saturated heterocycles. The third kappa shape index (κ3) is 4.37. The number of carbonyl (C=O) groups excluding carboxylic acids is 1. The number of fused-ring (bicyclic) bond motifs is 1. The quantitative estimate of drug-likeness (QED) is 0.519. The van der Waals surface area contributed by atoms with Crippen LogP contribution in [0.15, 0.2) is 71.7 Å². The Balaban J connectivity index is 1.55. The average Bonchev–Trinajstić information content (AvgIpc) is 2.80. The molecule has 8 nitrogen and oxygen atoms in total. The maximum absolute atomic E-state index is 12.5. The van der Waals surface area contributed by atoms with Gasteiger partial charge < -0.3 is 14.8 Å². The molecular weight excluding hydrogens is 396 g/mol. The van der Waals surface area contributed by atoms with E-state index in [0.717, 1.165) is 21.1 Å². The molecule has 0 aliphatic rings. The molecule has 0 aliphatic carbocycles. The van der Waals surface area contributed by atoms with Gasteiger partial charge in [-0.05, 0) is 36.4 Å². The first-order valence-electron chi connectivity index (χ1n) is 9.52. The highest BCUT2D eigenvalue weighted by molar-refractivity contribution is 5.92. The number of ether oxygens (including phenoxy) is 2. The molecule has 0 bridgehead atoms. The van der Waals surface area contributed by atoms with Gasteiger partial charge in [-0.25, -0.2) is 4.68 Å². The summed E-state index contributed by atoms with van der Waals surface area (Å²) >= 11 is 0. The molecular formula is C23H20N4O4. The summed E-state index contributed by atoms with van der Waals surface area (Å²) in [6, 6.07) is 17.7. The van der Waals surface area contributed by atoms with Crippen LogP contribution in [0, 0.1) is 0 Å². The van der Waals surface area contributed by atoms with Crippen molar-refractivity contribution in [3.63, 3.8) is 0 Å². The predicted molar refractivity (Wildman–Crippen MR) is 117 cm³/mol. The van der Waals surface area contributed by atoms with Gasteiger partial charge in [-0.15, -0.1) is 0 Å². The maximum atomic E-state index is 12.5. The first-order chi connectivity index (χ1) is 15.1. The van der Waals surface area contributed by atoms with Gasteiger partial charge >= 0.3 is 0 Å². The van der Waals surface area contributed by atoms with Gasteiger partial charge in [0.25, 0.3) is 5.56 Å². The molecule has 0 aliphatic heterocycles. The molecule has 2 aromatic carbocycles. The summed E-state index contributed by atoms with van der Waals surface area (Å²) in [4.78, 5) is 29.1. The van der Waals surface area contributed by atoms with Gasteiger partial charge in [0, 0.05) is 17.0 Å². The van der Waals surface area contributed by atoms with Gasteiger partial charge in [-0.3, -0.25) is 14.6 Å². The van der Waals surface area contributed by atoms with Crippen LogP contribution < -0.4 is 20.3 Å². The van der Waals surface area contributed by atoms with E-state index in [9.17, 15) is 9.59 Å². The third-order valence-electron chi connectivity index (χ3n) is 4.71. The highest BCUT2D eigenvalue weighted by atomic mass is 16.5. The van der Waals surface area contributed by atoms with E-state index in [1.54, 1.807) is 44.7 Å². The van der Waals surface area contributed by atoms with Crippen molar-refractivity contribution in [1.29, 1.82) is 0 Å². The second kappa shape index (κ2) is 8.66. The molecule has 1 N–H and O–H groups in total. The first-order valence-corrected chi connectivity index (χ1v) is 9.52. The number of nitrogens with one attached hydrogen (secondary N) is 1. The van der Waals surface area contributed by atoms with Crippen LogP contribution in [-0.4, -0.2) is 34.9 Å². The van der Waals surface area contributed by atoms with Crippen LogP contribution >= 0.6 is 0 Å². The monoisotopic (exact) mass is 416 g/mol. The third-order valence-corrected chi connectivity index (χ3v) is 4.71. The van der Waals surface area contributed by atoms with Gasteiger partial charge in [0.15, 0.2) is 11.5 Å². The minimum Gasteiger partial charge on any atom is -0.493 e. The number of methoxy groups -OCH3 is 2. The summed E-state index contributed by atoms with van der Waals surface area (Å²) in [5, 5.41) is 8.01. The van der Waals surface area contributed by atoms with Crippen molar-refractivity contribution in [1.82, 2.24) is 14.8 Å². The number of amides is 1. The van der Waals surface area contributed by atoms with Crippen LogP contribution in [-0.2, 0) is 11.3 Å². The molecule has 0 saturated carbocycles. The molecule has 2 aromatic heterocycles. The summed E-state index contributed by atoms with van der Waals surface area (Å²) in [6.45, 7) is -0.229. The molecule has 8 heteroatoms. The zero-order chi connectivity index (χ0) is 21.8. The van der Waals surface area contributed by atoms with Crippen LogP contribution in [0.4, 0.5) is 5.69 Å². The highest BCUT2D eigenvalue weighted by Gasteiger charge is 2.11. The minimum atomic E-state index is -0.379. The summed E-state index contributed by atoms with van der Waals surface area (Å²) in [6.07, 6.45) is 1.58. The van der Waals surface area contributed by atoms with Gasteiger partial charge in [0.05, 0.1) is 37.3 Å². The fraction of sp³-hybridized carbons (Fsp3) is 0.130. The zero-order valence-corrected chi connectivity index (χ0v) is 17.0. The molecule has 31 heavy (non-hydrogen) atoms. The van der Waals surface area contributed by atoms with Gasteiger partial charge in [0.1, 0.15) is 6.54 Å². The number of aromatic nitrogens is 3. The van der Waals surface area contributed by atoms with Crippen molar-refractivity contribution in [3.05, 3.63) is 77.2 Å². The van der Waals surface area contributed by atoms with E-state index in [1.807, 2.05) is 30.3 Å². The van der Waals surface area contributed by atoms with Crippen LogP contribution in [0.5, 0.6) is 11.5 Å². The smallest absolute Gasteiger partial charge is 0.267 e. The number of anilines is 1. The normalized spacial score (nSPS) is 10.6. The number of nitrogens with zero attached hydrogens (tertiary/aromatic N) is 3. The van der Waals surface area contributed by atoms with Crippen LogP contribution in [0.25, 0.3) is 22.2 Å². The lowest BCUT2D eigenvalue weighted by atomic mass is 10.1. The molecule has 4 aromatic rings. The SMILES string of the molecule is COc1ccc(-c2ccc(=O)n(CC(=O)Nc3cnc4ccccc4c3)n2)cc1OC. The number of hydrogen-bond acceptors (Lipinski definition) is 6. The first kappa shape index (κ1) is 20.1. The van der Waals surface area contributed by atoms with Crippen molar-refractivity contribution in [2.24, 2.45) is 0 Å². The Labute approximate surface area is 178 Å². The molecule has 4 rings (SSSR count). The summed E-state index contributed by atoms with van der Waals surface area (Å²) < 4.78 is 11.7. The lowest BCUT2D eigenvalue weighted by molar-refractivity contribution is -0.117. The van der Waals surface area contributed by atoms with Crippen LogP contribution in [0.2, 0.25) is 0 Å². The number of hydrogen-bond donors (Lipinski definition) is 1. The standard InChI is InChI=1S/C23H20N4O4/c1-30-20-9-7-16(12-21(20)31-2)19-8-10-23(29)27(26-19)14-22(28)25-17-11-15-5-3-4-6-18(15)24-13-17/h3-13H,14H2,1-2H3,(H,25,28). The lowest BCUT2D eigenvalue weighted by Crippen LogP contribution is -2.29. The summed E-state index contributed by atoms with van der Waals surface area (Å²) in [7, 11) is 3.10. The minimum absolute atomic E-state index is 0.229. The molecule has 1 amide bonds. The van der Waals surface area contributed by atoms with Crippen LogP contribution in [0.3, 0.4) is 0 Å². The van der Waals surface area contributed by atoms with Crippen LogP contribution in [0.1, 0.15) is 0 Å². The number of benzene rings is 2. The number of pyridine rings is 1. The van der Waals surface area contributed by atoms with Gasteiger partial charge in [-0.1, -0.05) is 18.2 Å². The number of rotatable bonds is 6. The molecule has 2 heterocycles. The Morgan fingerprint density at radius 2 is 1.81 bits per heavy atom. The van der Waals surface area contributed by atoms with Crippen molar-refractivity contribution >= 4 is 22.5 Å². The van der Waals surface area contributed by atoms with Crippen molar-refractivity contribution < 1.29 is 14.3 Å². The van der Waals surface area contributed by atoms with Gasteiger partial charge in [0.2, 0.25) is 5.91 Å². The average molecular weight is 416 g/mol. The fourth-order valence-corrected chi connectivity index (χ4v) is 3.19. The van der Waals surface area contributed by atoms with E-state index >= 15 is 0 Å². The molecule has 0 atom stereocenters. The molecule has 0 spiro atoms. The second-order valence-corrected chi connectivity index (χ2v) is 6.75. The molecule has 0 radical (unpaired) electrons. The Kier molecular flexibility index (Phi) is 5.61. The van der Waals surface area contributed by atoms with Gasteiger partial charge in [-0.2, -0.15) is 5.10 Å². The molecule has 156 valence electrons. The Hall–Kier alpha value is -4.20. The predicted octanol–water partition coefficient (Wildman–Crippen LogP) is 3.11. The number of carbonyl (C=O) groups is 1. The van der Waals surface area contributed by atoms with E-state index in [2.05, 4.69) is 15.4 Å². The zero-order valence-electron chi connectivity index (χ0n) is 17.0. The second-order valence-electron chi connectivity index (χ2n) is 6.75. The maximum Gasteiger partial charge on any atom is 0.267 e. The lowest BCUT2D eigenvalue weighted by Gasteiger charge is -2.11. The largest absolute Gasteiger partial charge is 0.493 e. The van der Waals surface area contributed by atoms with E-state index in [1.165, 1.54) is 6.07 Å². The Bertz CT molecular complexity index is 1320.